The van der Waals surface area contributed by atoms with Crippen molar-refractivity contribution >= 4 is 72.0 Å². The molecule has 3 aromatic rings. The molecule has 0 unspecified atom stereocenters. The third-order valence-corrected chi connectivity index (χ3v) is 9.12. The van der Waals surface area contributed by atoms with Crippen LogP contribution in [0.5, 0.6) is 0 Å². The number of thiophene rings is 2. The number of carbonyl (C=O) groups excluding carboxylic acids is 2. The minimum atomic E-state index is -1.17. The van der Waals surface area contributed by atoms with Gasteiger partial charge in [0.2, 0.25) is 0 Å². The molecule has 5 nitrogen and oxygen atoms in total. The zero-order chi connectivity index (χ0) is 19.8. The fraction of sp³-hybridized carbons (Fsp3) is 0.263. The van der Waals surface area contributed by atoms with Crippen molar-refractivity contribution in [3.05, 3.63) is 45.3 Å². The van der Waals surface area contributed by atoms with Gasteiger partial charge in [0.15, 0.2) is 0 Å². The molecule has 0 saturated heterocycles. The van der Waals surface area contributed by atoms with Gasteiger partial charge in [0, 0.05) is 15.8 Å². The first-order valence-corrected chi connectivity index (χ1v) is 12.0. The van der Waals surface area contributed by atoms with Gasteiger partial charge in [0.1, 0.15) is 9.88 Å². The monoisotopic (exact) mass is 453 g/mol. The Labute approximate surface area is 177 Å². The zero-order valence-electron chi connectivity index (χ0n) is 14.9. The fourth-order valence-electron chi connectivity index (χ4n) is 3.16. The summed E-state index contributed by atoms with van der Waals surface area (Å²) in [6.07, 6.45) is 1.38. The van der Waals surface area contributed by atoms with E-state index < -0.39 is 16.8 Å². The van der Waals surface area contributed by atoms with Crippen LogP contribution in [0, 0.1) is 0 Å². The average Bonchev–Trinajstić information content (AvgIpc) is 3.21. The van der Waals surface area contributed by atoms with Gasteiger partial charge in [0.05, 0.1) is 32.2 Å². The summed E-state index contributed by atoms with van der Waals surface area (Å²) in [6.45, 7) is 1.95. The normalized spacial score (nSPS) is 16.0. The van der Waals surface area contributed by atoms with Gasteiger partial charge in [-0.3, -0.25) is 9.00 Å². The van der Waals surface area contributed by atoms with Gasteiger partial charge < -0.3 is 10.1 Å². The summed E-state index contributed by atoms with van der Waals surface area (Å²) >= 11 is 8.89. The van der Waals surface area contributed by atoms with Gasteiger partial charge in [0.25, 0.3) is 5.91 Å². The lowest BCUT2D eigenvalue weighted by Crippen LogP contribution is -2.16. The number of nitrogens with one attached hydrogen (secondary N) is 1. The molecule has 1 N–H and O–H groups in total. The second kappa shape index (κ2) is 7.94. The van der Waals surface area contributed by atoms with E-state index in [2.05, 4.69) is 5.32 Å². The van der Waals surface area contributed by atoms with Gasteiger partial charge in [-0.15, -0.1) is 22.7 Å². The van der Waals surface area contributed by atoms with Crippen molar-refractivity contribution in [2.45, 2.75) is 24.0 Å². The summed E-state index contributed by atoms with van der Waals surface area (Å²) in [7, 11) is -1.17. The van der Waals surface area contributed by atoms with Crippen LogP contribution in [0.3, 0.4) is 0 Å². The highest BCUT2D eigenvalue weighted by molar-refractivity contribution is 7.87. The van der Waals surface area contributed by atoms with E-state index in [1.165, 1.54) is 22.7 Å². The van der Waals surface area contributed by atoms with Crippen molar-refractivity contribution in [1.29, 1.82) is 0 Å². The number of ether oxygens (including phenoxy) is 1. The molecule has 0 bridgehead atoms. The molecule has 0 saturated carbocycles. The van der Waals surface area contributed by atoms with E-state index in [0.717, 1.165) is 22.1 Å². The number of halogens is 1. The van der Waals surface area contributed by atoms with E-state index >= 15 is 0 Å². The highest BCUT2D eigenvalue weighted by Crippen LogP contribution is 2.41. The summed E-state index contributed by atoms with van der Waals surface area (Å²) in [5.41, 5.74) is 1.05. The molecule has 1 amide bonds. The van der Waals surface area contributed by atoms with Gasteiger partial charge in [-0.05, 0) is 31.4 Å². The summed E-state index contributed by atoms with van der Waals surface area (Å²) in [4.78, 5) is 25.8. The number of fused-ring (bicyclic) bond motifs is 2. The standard InChI is InChI=1S/C19H16ClNO4S3/c1-2-25-18(23)13-11-7-5-9-28(24)19(11)27-17(13)21-16(22)15-14(20)10-6-3-4-8-12(10)26-15/h3-4,6,8H,2,5,7,9H2,1H3,(H,21,22)/t28-/m1/s1. The summed E-state index contributed by atoms with van der Waals surface area (Å²) in [5.74, 6) is -0.330. The van der Waals surface area contributed by atoms with E-state index in [1.54, 1.807) is 6.92 Å². The van der Waals surface area contributed by atoms with Gasteiger partial charge in [-0.25, -0.2) is 4.79 Å². The molecule has 1 aliphatic heterocycles. The number of carbonyl (C=O) groups is 2. The molecule has 4 rings (SSSR count). The first kappa shape index (κ1) is 19.6. The van der Waals surface area contributed by atoms with Gasteiger partial charge in [-0.2, -0.15) is 0 Å². The van der Waals surface area contributed by atoms with Crippen LogP contribution in [0.2, 0.25) is 5.02 Å². The molecular weight excluding hydrogens is 438 g/mol. The molecule has 2 aromatic heterocycles. The molecule has 0 spiro atoms. The predicted molar refractivity (Wildman–Crippen MR) is 115 cm³/mol. The molecule has 9 heteroatoms. The molecule has 3 heterocycles. The van der Waals surface area contributed by atoms with Crippen molar-refractivity contribution in [3.63, 3.8) is 0 Å². The average molecular weight is 454 g/mol. The van der Waals surface area contributed by atoms with Crippen molar-refractivity contribution in [3.8, 4) is 0 Å². The van der Waals surface area contributed by atoms with Crippen LogP contribution >= 0.6 is 34.3 Å². The van der Waals surface area contributed by atoms with E-state index in [4.69, 9.17) is 16.3 Å². The third-order valence-electron chi connectivity index (χ3n) is 4.38. The Bertz CT molecular complexity index is 1120. The third kappa shape index (κ3) is 3.39. The molecular formula is C19H16ClNO4S3. The van der Waals surface area contributed by atoms with Crippen LogP contribution in [-0.2, 0) is 22.0 Å². The maximum absolute atomic E-state index is 12.9. The molecule has 0 aliphatic carbocycles. The SMILES string of the molecule is CCOC(=O)c1c(NC(=O)c2sc3ccccc3c2Cl)sc2c1CCC[S@]2=O. The molecule has 1 aromatic carbocycles. The van der Waals surface area contributed by atoms with E-state index in [0.29, 0.717) is 36.8 Å². The lowest BCUT2D eigenvalue weighted by atomic mass is 10.1. The summed E-state index contributed by atoms with van der Waals surface area (Å²) in [6, 6.07) is 7.52. The molecule has 0 radical (unpaired) electrons. The quantitative estimate of drug-likeness (QED) is 0.558. The number of rotatable bonds is 4. The Balaban J connectivity index is 1.74. The Morgan fingerprint density at radius 2 is 2.07 bits per heavy atom. The number of hydrogen-bond donors (Lipinski definition) is 1. The second-order valence-electron chi connectivity index (χ2n) is 6.14. The zero-order valence-corrected chi connectivity index (χ0v) is 18.1. The fourth-order valence-corrected chi connectivity index (χ4v) is 7.48. The molecule has 28 heavy (non-hydrogen) atoms. The number of hydrogen-bond acceptors (Lipinski definition) is 6. The number of benzene rings is 1. The van der Waals surface area contributed by atoms with Crippen LogP contribution in [-0.4, -0.2) is 28.4 Å². The van der Waals surface area contributed by atoms with Gasteiger partial charge >= 0.3 is 5.97 Å². The largest absolute Gasteiger partial charge is 0.462 e. The molecule has 1 atom stereocenters. The predicted octanol–water partition coefficient (Wildman–Crippen LogP) is 5.10. The maximum Gasteiger partial charge on any atom is 0.341 e. The Morgan fingerprint density at radius 3 is 2.82 bits per heavy atom. The first-order valence-electron chi connectivity index (χ1n) is 8.70. The minimum absolute atomic E-state index is 0.224. The van der Waals surface area contributed by atoms with E-state index in [-0.39, 0.29) is 12.5 Å². The summed E-state index contributed by atoms with van der Waals surface area (Å²) < 4.78 is 19.1. The van der Waals surface area contributed by atoms with Crippen molar-refractivity contribution in [2.24, 2.45) is 0 Å². The summed E-state index contributed by atoms with van der Waals surface area (Å²) in [5, 5.41) is 4.39. The highest BCUT2D eigenvalue weighted by atomic mass is 35.5. The van der Waals surface area contributed by atoms with Crippen LogP contribution in [0.4, 0.5) is 5.00 Å². The topological polar surface area (TPSA) is 72.5 Å². The number of esters is 1. The van der Waals surface area contributed by atoms with Crippen molar-refractivity contribution in [2.75, 3.05) is 17.7 Å². The lowest BCUT2D eigenvalue weighted by Gasteiger charge is -2.12. The Hall–Kier alpha value is -1.74. The minimum Gasteiger partial charge on any atom is -0.462 e. The van der Waals surface area contributed by atoms with Crippen LogP contribution in [0.15, 0.2) is 28.5 Å². The smallest absolute Gasteiger partial charge is 0.341 e. The molecule has 146 valence electrons. The highest BCUT2D eigenvalue weighted by Gasteiger charge is 2.31. The Kier molecular flexibility index (Phi) is 5.55. The number of amides is 1. The lowest BCUT2D eigenvalue weighted by molar-refractivity contribution is 0.0526. The van der Waals surface area contributed by atoms with Crippen molar-refractivity contribution in [1.82, 2.24) is 0 Å². The Morgan fingerprint density at radius 1 is 1.29 bits per heavy atom. The van der Waals surface area contributed by atoms with Crippen molar-refractivity contribution < 1.29 is 18.5 Å². The second-order valence-corrected chi connectivity index (χ2v) is 10.4. The first-order chi connectivity index (χ1) is 13.5. The van der Waals surface area contributed by atoms with E-state index in [1.807, 2.05) is 24.3 Å². The van der Waals surface area contributed by atoms with Crippen LogP contribution in [0.25, 0.3) is 10.1 Å². The van der Waals surface area contributed by atoms with Gasteiger partial charge in [-0.1, -0.05) is 29.8 Å². The molecule has 0 fully saturated rings. The van der Waals surface area contributed by atoms with Crippen LogP contribution < -0.4 is 5.32 Å². The van der Waals surface area contributed by atoms with Crippen LogP contribution in [0.1, 0.15) is 38.9 Å². The van der Waals surface area contributed by atoms with E-state index in [9.17, 15) is 13.8 Å². The number of anilines is 1. The maximum atomic E-state index is 12.9. The molecule has 1 aliphatic rings.